The molecule has 0 bridgehead atoms. The van der Waals surface area contributed by atoms with Crippen LogP contribution in [0.15, 0.2) is 48.5 Å². The van der Waals surface area contributed by atoms with Crippen molar-refractivity contribution in [2.45, 2.75) is 12.3 Å². The van der Waals surface area contributed by atoms with Gasteiger partial charge in [-0.1, -0.05) is 6.07 Å². The van der Waals surface area contributed by atoms with Gasteiger partial charge in [0.25, 0.3) is 0 Å². The van der Waals surface area contributed by atoms with Crippen molar-refractivity contribution in [2.75, 3.05) is 51.3 Å². The first-order valence-electron chi connectivity index (χ1n) is 9.56. The average Bonchev–Trinajstić information content (AvgIpc) is 2.73. The lowest BCUT2D eigenvalue weighted by Crippen LogP contribution is -3.16. The zero-order valence-electron chi connectivity index (χ0n) is 16.3. The van der Waals surface area contributed by atoms with Crippen molar-refractivity contribution in [2.24, 2.45) is 0 Å². The summed E-state index contributed by atoms with van der Waals surface area (Å²) in [5.74, 6) is 1.40. The molecule has 1 aliphatic rings. The molecule has 3 rings (SSSR count). The molecule has 0 spiro atoms. The Labute approximate surface area is 168 Å². The molecule has 1 heterocycles. The maximum atomic E-state index is 12.9. The number of aliphatic hydroxyl groups excluding tert-OH is 1. The third-order valence-electron chi connectivity index (χ3n) is 5.04. The molecule has 0 unspecified atom stereocenters. The Morgan fingerprint density at radius 3 is 2.34 bits per heavy atom. The number of halogens is 3. The Morgan fingerprint density at radius 2 is 1.72 bits per heavy atom. The van der Waals surface area contributed by atoms with E-state index in [1.165, 1.54) is 17.0 Å². The summed E-state index contributed by atoms with van der Waals surface area (Å²) in [6.45, 7) is 3.50. The highest BCUT2D eigenvalue weighted by Crippen LogP contribution is 2.31. The van der Waals surface area contributed by atoms with Gasteiger partial charge in [0, 0.05) is 5.69 Å². The number of nitrogens with zero attached hydrogens (tertiary/aromatic N) is 1. The summed E-state index contributed by atoms with van der Waals surface area (Å²) in [6.07, 6.45) is -4.95. The van der Waals surface area contributed by atoms with Gasteiger partial charge in [0.2, 0.25) is 0 Å². The fourth-order valence-electron chi connectivity index (χ4n) is 3.42. The van der Waals surface area contributed by atoms with Gasteiger partial charge in [0.1, 0.15) is 30.8 Å². The van der Waals surface area contributed by atoms with E-state index in [1.54, 1.807) is 37.4 Å². The van der Waals surface area contributed by atoms with Crippen LogP contribution in [0.3, 0.4) is 0 Å². The minimum Gasteiger partial charge on any atom is -0.497 e. The number of rotatable bonds is 7. The summed E-state index contributed by atoms with van der Waals surface area (Å²) < 4.78 is 49.4. The monoisotopic (exact) mass is 411 g/mol. The van der Waals surface area contributed by atoms with Crippen LogP contribution in [0.25, 0.3) is 0 Å². The molecule has 1 saturated heterocycles. The van der Waals surface area contributed by atoms with Crippen molar-refractivity contribution in [3.63, 3.8) is 0 Å². The van der Waals surface area contributed by atoms with E-state index in [2.05, 4.69) is 0 Å². The first-order chi connectivity index (χ1) is 13.8. The van der Waals surface area contributed by atoms with E-state index in [9.17, 15) is 18.3 Å². The fraction of sp³-hybridized carbons (Fsp3) is 0.429. The molecule has 158 valence electrons. The molecule has 2 aromatic carbocycles. The van der Waals surface area contributed by atoms with Crippen molar-refractivity contribution in [1.82, 2.24) is 0 Å². The zero-order chi connectivity index (χ0) is 20.9. The van der Waals surface area contributed by atoms with Crippen LogP contribution in [0, 0.1) is 0 Å². The van der Waals surface area contributed by atoms with Gasteiger partial charge >= 0.3 is 6.18 Å². The van der Waals surface area contributed by atoms with Gasteiger partial charge in [-0.25, -0.2) is 0 Å². The van der Waals surface area contributed by atoms with E-state index in [-0.39, 0.29) is 6.61 Å². The highest BCUT2D eigenvalue weighted by molar-refractivity contribution is 5.49. The molecule has 0 saturated carbocycles. The summed E-state index contributed by atoms with van der Waals surface area (Å²) in [6, 6.07) is 12.6. The molecule has 5 nitrogen and oxygen atoms in total. The molecule has 2 N–H and O–H groups in total. The number of benzene rings is 2. The lowest BCUT2D eigenvalue weighted by atomic mass is 10.1. The first-order valence-corrected chi connectivity index (χ1v) is 9.56. The van der Waals surface area contributed by atoms with Gasteiger partial charge in [0.15, 0.2) is 0 Å². The third kappa shape index (κ3) is 6.01. The van der Waals surface area contributed by atoms with Crippen molar-refractivity contribution in [3.8, 4) is 11.5 Å². The largest absolute Gasteiger partial charge is 0.497 e. The quantitative estimate of drug-likeness (QED) is 0.730. The Balaban J connectivity index is 1.44. The van der Waals surface area contributed by atoms with E-state index < -0.39 is 17.8 Å². The molecular weight excluding hydrogens is 385 g/mol. The maximum absolute atomic E-state index is 12.9. The van der Waals surface area contributed by atoms with E-state index in [0.29, 0.717) is 31.1 Å². The van der Waals surface area contributed by atoms with Gasteiger partial charge in [-0.15, -0.1) is 0 Å². The number of hydrogen-bond acceptors (Lipinski definition) is 4. The highest BCUT2D eigenvalue weighted by Gasteiger charge is 2.31. The van der Waals surface area contributed by atoms with E-state index in [1.807, 2.05) is 4.90 Å². The number of alkyl halides is 3. The summed E-state index contributed by atoms with van der Waals surface area (Å²) in [5.41, 5.74) is -0.0434. The number of ether oxygens (including phenoxy) is 2. The zero-order valence-corrected chi connectivity index (χ0v) is 16.3. The van der Waals surface area contributed by atoms with Crippen LogP contribution < -0.4 is 19.3 Å². The van der Waals surface area contributed by atoms with Crippen LogP contribution in [0.2, 0.25) is 0 Å². The second-order valence-corrected chi connectivity index (χ2v) is 7.13. The van der Waals surface area contributed by atoms with Crippen molar-refractivity contribution < 1.29 is 32.7 Å². The van der Waals surface area contributed by atoms with E-state index in [0.717, 1.165) is 24.9 Å². The highest BCUT2D eigenvalue weighted by atomic mass is 19.4. The molecule has 0 aromatic heterocycles. The lowest BCUT2D eigenvalue weighted by molar-refractivity contribution is -0.903. The number of piperazine rings is 1. The normalized spacial score (nSPS) is 16.5. The standard InChI is InChI=1S/C21H25F3N2O3/c1-28-19-5-7-20(8-6-19)29-15-18(27)14-25-9-11-26(12-10-25)17-4-2-3-16(13-17)21(22,23)24/h2-8,13,18,27H,9-12,14-15H2,1H3/p+1/t18-/m0/s1. The van der Waals surface area contributed by atoms with Gasteiger partial charge in [0.05, 0.1) is 38.9 Å². The Kier molecular flexibility index (Phi) is 6.87. The number of nitrogens with one attached hydrogen (secondary N) is 1. The number of methoxy groups -OCH3 is 1. The Morgan fingerprint density at radius 1 is 1.07 bits per heavy atom. The molecular formula is C21H26F3N2O3+. The molecule has 0 amide bonds. The summed E-state index contributed by atoms with van der Waals surface area (Å²) in [4.78, 5) is 3.16. The third-order valence-corrected chi connectivity index (χ3v) is 5.04. The summed E-state index contributed by atoms with van der Waals surface area (Å²) >= 11 is 0. The molecule has 0 radical (unpaired) electrons. The van der Waals surface area contributed by atoms with Crippen LogP contribution in [0.4, 0.5) is 18.9 Å². The number of aliphatic hydroxyl groups is 1. The lowest BCUT2D eigenvalue weighted by Gasteiger charge is -2.34. The summed E-state index contributed by atoms with van der Waals surface area (Å²) in [7, 11) is 1.59. The fourth-order valence-corrected chi connectivity index (χ4v) is 3.42. The predicted molar refractivity (Wildman–Crippen MR) is 104 cm³/mol. The van der Waals surface area contributed by atoms with Crippen molar-refractivity contribution >= 4 is 5.69 Å². The van der Waals surface area contributed by atoms with Gasteiger partial charge in [-0.05, 0) is 42.5 Å². The molecule has 29 heavy (non-hydrogen) atoms. The second-order valence-electron chi connectivity index (χ2n) is 7.13. The SMILES string of the molecule is COc1ccc(OC[C@@H](O)C[NH+]2CCN(c3cccc(C(F)(F)F)c3)CC2)cc1. The van der Waals surface area contributed by atoms with E-state index >= 15 is 0 Å². The molecule has 0 aliphatic carbocycles. The van der Waals surface area contributed by atoms with Gasteiger partial charge in [-0.3, -0.25) is 0 Å². The summed E-state index contributed by atoms with van der Waals surface area (Å²) in [5, 5.41) is 10.3. The topological polar surface area (TPSA) is 46.4 Å². The molecule has 2 aromatic rings. The van der Waals surface area contributed by atoms with Crippen LogP contribution in [-0.4, -0.2) is 57.7 Å². The van der Waals surface area contributed by atoms with Crippen LogP contribution >= 0.6 is 0 Å². The first kappa shape index (κ1) is 21.3. The van der Waals surface area contributed by atoms with Crippen molar-refractivity contribution in [3.05, 3.63) is 54.1 Å². The van der Waals surface area contributed by atoms with E-state index in [4.69, 9.17) is 9.47 Å². The molecule has 1 fully saturated rings. The van der Waals surface area contributed by atoms with Crippen molar-refractivity contribution in [1.29, 1.82) is 0 Å². The minimum absolute atomic E-state index is 0.188. The van der Waals surface area contributed by atoms with Gasteiger partial charge < -0.3 is 24.4 Å². The smallest absolute Gasteiger partial charge is 0.416 e. The molecule has 1 atom stereocenters. The maximum Gasteiger partial charge on any atom is 0.416 e. The average molecular weight is 411 g/mol. The Hall–Kier alpha value is -2.45. The van der Waals surface area contributed by atoms with Crippen LogP contribution in [0.1, 0.15) is 5.56 Å². The van der Waals surface area contributed by atoms with Crippen LogP contribution in [0.5, 0.6) is 11.5 Å². The minimum atomic E-state index is -4.34. The number of quaternary nitrogens is 1. The second kappa shape index (κ2) is 9.37. The molecule has 1 aliphatic heterocycles. The van der Waals surface area contributed by atoms with Gasteiger partial charge in [-0.2, -0.15) is 13.2 Å². The number of anilines is 1. The molecule has 8 heteroatoms. The Bertz CT molecular complexity index is 775. The number of hydrogen-bond donors (Lipinski definition) is 2. The van der Waals surface area contributed by atoms with Crippen LogP contribution in [-0.2, 0) is 6.18 Å². The predicted octanol–water partition coefficient (Wildman–Crippen LogP) is 1.86.